The minimum atomic E-state index is -0.235. The zero-order valence-electron chi connectivity index (χ0n) is 18.5. The molecule has 7 nitrogen and oxygen atoms in total. The van der Waals surface area contributed by atoms with Crippen molar-refractivity contribution in [2.24, 2.45) is 0 Å². The lowest BCUT2D eigenvalue weighted by Gasteiger charge is -2.33. The van der Waals surface area contributed by atoms with Crippen LogP contribution in [0.5, 0.6) is 0 Å². The lowest BCUT2D eigenvalue weighted by Crippen LogP contribution is -2.42. The third-order valence-electron chi connectivity index (χ3n) is 6.48. The molecule has 5 aromatic rings. The highest BCUT2D eigenvalue weighted by atomic mass is 19.1. The molecule has 170 valence electrons. The molecule has 0 saturated carbocycles. The molecule has 3 aromatic heterocycles. The van der Waals surface area contributed by atoms with Gasteiger partial charge in [-0.2, -0.15) is 0 Å². The molecular weight excluding hydrogens is 433 g/mol. The number of nitrogens with zero attached hydrogens (tertiary/aromatic N) is 3. The summed E-state index contributed by atoms with van der Waals surface area (Å²) in [4.78, 5) is 27.2. The summed E-state index contributed by atoms with van der Waals surface area (Å²) < 4.78 is 20.1. The molecule has 0 spiro atoms. The van der Waals surface area contributed by atoms with Crippen molar-refractivity contribution in [1.29, 1.82) is 0 Å². The average molecular weight is 455 g/mol. The van der Waals surface area contributed by atoms with Crippen LogP contribution in [-0.2, 0) is 19.5 Å². The molecule has 2 aromatic carbocycles. The zero-order chi connectivity index (χ0) is 23.2. The van der Waals surface area contributed by atoms with Crippen LogP contribution >= 0.6 is 0 Å². The van der Waals surface area contributed by atoms with Gasteiger partial charge in [0.05, 0.1) is 23.8 Å². The predicted octanol–water partition coefficient (Wildman–Crippen LogP) is 5.04. The van der Waals surface area contributed by atoms with Crippen LogP contribution in [0, 0.1) is 5.82 Å². The highest BCUT2D eigenvalue weighted by Gasteiger charge is 2.32. The molecule has 4 heterocycles. The summed E-state index contributed by atoms with van der Waals surface area (Å²) in [5.41, 5.74) is 5.84. The summed E-state index contributed by atoms with van der Waals surface area (Å²) in [5.74, 6) is -0.102. The monoisotopic (exact) mass is 455 g/mol. The van der Waals surface area contributed by atoms with E-state index < -0.39 is 0 Å². The van der Waals surface area contributed by atoms with Gasteiger partial charge in [-0.25, -0.2) is 4.39 Å². The fourth-order valence-corrected chi connectivity index (χ4v) is 4.75. The van der Waals surface area contributed by atoms with Gasteiger partial charge in [0.25, 0.3) is 5.91 Å². The van der Waals surface area contributed by atoms with Gasteiger partial charge in [0.1, 0.15) is 5.82 Å². The van der Waals surface area contributed by atoms with Crippen LogP contribution in [0.2, 0.25) is 0 Å². The second-order valence-corrected chi connectivity index (χ2v) is 8.62. The molecule has 0 saturated heterocycles. The quantitative estimate of drug-likeness (QED) is 0.396. The lowest BCUT2D eigenvalue weighted by atomic mass is 9.97. The number of aromatic nitrogens is 3. The van der Waals surface area contributed by atoms with Crippen LogP contribution in [-0.4, -0.2) is 31.8 Å². The summed E-state index contributed by atoms with van der Waals surface area (Å²) in [6, 6.07) is 12.5. The maximum Gasteiger partial charge on any atom is 0.290 e. The van der Waals surface area contributed by atoms with Crippen molar-refractivity contribution in [2.45, 2.75) is 32.5 Å². The molecule has 8 heteroatoms. The highest BCUT2D eigenvalue weighted by Crippen LogP contribution is 2.33. The van der Waals surface area contributed by atoms with Gasteiger partial charge in [-0.05, 0) is 55.3 Å². The van der Waals surface area contributed by atoms with Gasteiger partial charge in [-0.1, -0.05) is 6.07 Å². The van der Waals surface area contributed by atoms with E-state index in [1.54, 1.807) is 29.4 Å². The van der Waals surface area contributed by atoms with Gasteiger partial charge in [0.15, 0.2) is 5.76 Å². The van der Waals surface area contributed by atoms with Gasteiger partial charge in [-0.15, -0.1) is 0 Å². The van der Waals surface area contributed by atoms with Crippen LogP contribution in [0.25, 0.3) is 21.9 Å². The highest BCUT2D eigenvalue weighted by molar-refractivity contribution is 5.94. The Morgan fingerprint density at radius 1 is 1.21 bits per heavy atom. The Hall–Kier alpha value is -4.20. The number of hydrogen-bond donors (Lipinski definition) is 2. The van der Waals surface area contributed by atoms with E-state index in [4.69, 9.17) is 4.42 Å². The number of halogens is 1. The van der Waals surface area contributed by atoms with E-state index >= 15 is 0 Å². The molecule has 2 N–H and O–H groups in total. The first-order valence-corrected chi connectivity index (χ1v) is 11.2. The van der Waals surface area contributed by atoms with Crippen molar-refractivity contribution < 1.29 is 13.6 Å². The number of aromatic amines is 1. The summed E-state index contributed by atoms with van der Waals surface area (Å²) in [6.07, 6.45) is 5.43. The molecule has 1 aliphatic rings. The summed E-state index contributed by atoms with van der Waals surface area (Å²) >= 11 is 0. The number of carbonyl (C=O) groups excluding carboxylic acids is 1. The predicted molar refractivity (Wildman–Crippen MR) is 127 cm³/mol. The average Bonchev–Trinajstić information content (AvgIpc) is 3.46. The number of H-pyrrole nitrogens is 1. The van der Waals surface area contributed by atoms with Crippen molar-refractivity contribution >= 4 is 33.5 Å². The minimum Gasteiger partial charge on any atom is -0.459 e. The fourth-order valence-electron chi connectivity index (χ4n) is 4.75. The van der Waals surface area contributed by atoms with Gasteiger partial charge in [-0.3, -0.25) is 14.8 Å². The first kappa shape index (κ1) is 20.4. The van der Waals surface area contributed by atoms with Crippen molar-refractivity contribution in [3.8, 4) is 0 Å². The Morgan fingerprint density at radius 3 is 2.94 bits per heavy atom. The number of rotatable bonds is 4. The molecule has 1 atom stereocenters. The molecule has 0 radical (unpaired) electrons. The molecule has 0 aliphatic carbocycles. The maximum absolute atomic E-state index is 14.4. The van der Waals surface area contributed by atoms with E-state index in [9.17, 15) is 9.18 Å². The Balaban J connectivity index is 1.23. The Labute approximate surface area is 194 Å². The number of anilines is 1. The molecule has 1 unspecified atom stereocenters. The van der Waals surface area contributed by atoms with E-state index in [-0.39, 0.29) is 17.8 Å². The van der Waals surface area contributed by atoms with E-state index in [2.05, 4.69) is 20.3 Å². The van der Waals surface area contributed by atoms with Crippen LogP contribution in [0.4, 0.5) is 10.1 Å². The number of benzene rings is 2. The number of fused-ring (bicyclic) bond motifs is 4. The first-order valence-electron chi connectivity index (χ1n) is 11.2. The molecular formula is C26H22FN5O2. The molecule has 0 bridgehead atoms. The van der Waals surface area contributed by atoms with Crippen molar-refractivity contribution in [1.82, 2.24) is 19.9 Å². The van der Waals surface area contributed by atoms with Gasteiger partial charge in [0.2, 0.25) is 0 Å². The van der Waals surface area contributed by atoms with Crippen molar-refractivity contribution in [3.63, 3.8) is 0 Å². The van der Waals surface area contributed by atoms with Gasteiger partial charge in [0, 0.05) is 52.8 Å². The number of carbonyl (C=O) groups is 1. The topological polar surface area (TPSA) is 87.0 Å². The summed E-state index contributed by atoms with van der Waals surface area (Å²) in [5, 5.41) is 3.97. The van der Waals surface area contributed by atoms with Crippen LogP contribution < -0.4 is 5.32 Å². The number of nitrogens with one attached hydrogen (secondary N) is 2. The van der Waals surface area contributed by atoms with E-state index in [0.29, 0.717) is 30.7 Å². The van der Waals surface area contributed by atoms with Crippen LogP contribution in [0.3, 0.4) is 0 Å². The Bertz CT molecular complexity index is 1540. The normalized spacial score (nSPS) is 15.6. The number of amides is 1. The van der Waals surface area contributed by atoms with E-state index in [1.807, 2.05) is 31.2 Å². The number of furan rings is 1. The molecule has 6 rings (SSSR count). The Kier molecular flexibility index (Phi) is 4.79. The third kappa shape index (κ3) is 3.39. The van der Waals surface area contributed by atoms with E-state index in [1.165, 1.54) is 12.3 Å². The standard InChI is InChI=1S/C26H22FN5O2/c1-15-11-18-23(31-21-4-2-3-19(27)24(18)21)14-32(15)26(33)25-16(7-10-34-25)13-30-17-5-6-20-22(12-17)29-9-8-28-20/h2-10,12,15,30-31H,11,13-14H2,1H3. The second kappa shape index (κ2) is 7.98. The fraction of sp³-hybridized carbons (Fsp3) is 0.192. The van der Waals surface area contributed by atoms with Crippen LogP contribution in [0.1, 0.15) is 34.3 Å². The molecule has 1 aliphatic heterocycles. The smallest absolute Gasteiger partial charge is 0.290 e. The molecule has 0 fully saturated rings. The third-order valence-corrected chi connectivity index (χ3v) is 6.48. The Morgan fingerprint density at radius 2 is 2.06 bits per heavy atom. The maximum atomic E-state index is 14.4. The molecule has 1 amide bonds. The summed E-state index contributed by atoms with van der Waals surface area (Å²) in [7, 11) is 0. The van der Waals surface area contributed by atoms with Crippen LogP contribution in [0.15, 0.2) is 65.5 Å². The molecule has 34 heavy (non-hydrogen) atoms. The van der Waals surface area contributed by atoms with E-state index in [0.717, 1.165) is 39.1 Å². The van der Waals surface area contributed by atoms with Crippen molar-refractivity contribution in [3.05, 3.63) is 89.5 Å². The van der Waals surface area contributed by atoms with Gasteiger partial charge >= 0.3 is 0 Å². The SMILES string of the molecule is CC1Cc2c([nH]c3cccc(F)c23)CN1C(=O)c1occc1CNc1ccc2nccnc2c1. The lowest BCUT2D eigenvalue weighted by molar-refractivity contribution is 0.0621. The summed E-state index contributed by atoms with van der Waals surface area (Å²) in [6.45, 7) is 2.78. The van der Waals surface area contributed by atoms with Crippen molar-refractivity contribution in [2.75, 3.05) is 5.32 Å². The number of hydrogen-bond acceptors (Lipinski definition) is 5. The van der Waals surface area contributed by atoms with Gasteiger partial charge < -0.3 is 19.6 Å². The zero-order valence-corrected chi connectivity index (χ0v) is 18.5. The second-order valence-electron chi connectivity index (χ2n) is 8.62. The largest absolute Gasteiger partial charge is 0.459 e. The first-order chi connectivity index (χ1) is 16.6. The minimum absolute atomic E-state index is 0.0939.